The lowest BCUT2D eigenvalue weighted by Crippen LogP contribution is -2.26. The maximum absolute atomic E-state index is 11.1. The number of hydrogen-bond donors (Lipinski definition) is 1. The van der Waals surface area contributed by atoms with Crippen molar-refractivity contribution in [3.63, 3.8) is 0 Å². The number of halogens is 1. The number of thioether (sulfide) groups is 1. The van der Waals surface area contributed by atoms with E-state index in [1.807, 2.05) is 12.1 Å². The van der Waals surface area contributed by atoms with E-state index in [0.29, 0.717) is 11.7 Å². The van der Waals surface area contributed by atoms with Crippen LogP contribution in [0.2, 0.25) is 0 Å². The highest BCUT2D eigenvalue weighted by atomic mass is 79.9. The average molecular weight is 331 g/mol. The fourth-order valence-electron chi connectivity index (χ4n) is 1.59. The molecule has 0 radical (unpaired) electrons. The van der Waals surface area contributed by atoms with E-state index in [1.165, 1.54) is 4.90 Å². The van der Waals surface area contributed by atoms with Gasteiger partial charge in [-0.25, -0.2) is 0 Å². The van der Waals surface area contributed by atoms with E-state index in [2.05, 4.69) is 35.8 Å². The molecule has 100 valence electrons. The van der Waals surface area contributed by atoms with Crippen LogP contribution in [0.4, 0.5) is 0 Å². The van der Waals surface area contributed by atoms with Crippen LogP contribution in [-0.4, -0.2) is 16.3 Å². The summed E-state index contributed by atoms with van der Waals surface area (Å²) in [5, 5.41) is 9.66. The average Bonchev–Trinajstić information content (AvgIpc) is 2.21. The maximum Gasteiger partial charge on any atom is 0.309 e. The Balaban J connectivity index is 2.88. The molecule has 0 atom stereocenters. The molecule has 1 N–H and O–H groups in total. The summed E-state index contributed by atoms with van der Waals surface area (Å²) in [6, 6.07) is 6.09. The van der Waals surface area contributed by atoms with Crippen LogP contribution in [0.25, 0.3) is 0 Å². The van der Waals surface area contributed by atoms with Crippen LogP contribution in [0.5, 0.6) is 0 Å². The van der Waals surface area contributed by atoms with Gasteiger partial charge in [-0.2, -0.15) is 0 Å². The summed E-state index contributed by atoms with van der Waals surface area (Å²) in [6.07, 6.45) is 0.535. The summed E-state index contributed by atoms with van der Waals surface area (Å²) in [6.45, 7) is 7.80. The Hall–Kier alpha value is -0.480. The van der Waals surface area contributed by atoms with E-state index in [-0.39, 0.29) is 0 Å². The predicted molar refractivity (Wildman–Crippen MR) is 80.3 cm³/mol. The fourth-order valence-corrected chi connectivity index (χ4v) is 3.12. The summed E-state index contributed by atoms with van der Waals surface area (Å²) in [4.78, 5) is 12.3. The molecule has 0 aliphatic heterocycles. The molecule has 1 rings (SSSR count). The van der Waals surface area contributed by atoms with Crippen molar-refractivity contribution < 1.29 is 9.90 Å². The number of rotatable bonds is 5. The molecule has 0 bridgehead atoms. The highest BCUT2D eigenvalue weighted by Crippen LogP contribution is 2.32. The molecule has 0 amide bonds. The lowest BCUT2D eigenvalue weighted by molar-refractivity contribution is -0.146. The largest absolute Gasteiger partial charge is 0.481 e. The molecule has 1 aromatic carbocycles. The minimum Gasteiger partial charge on any atom is -0.481 e. The van der Waals surface area contributed by atoms with E-state index < -0.39 is 11.4 Å². The molecule has 0 spiro atoms. The van der Waals surface area contributed by atoms with Gasteiger partial charge in [-0.3, -0.25) is 4.79 Å². The Labute approximate surface area is 121 Å². The second-order valence-electron chi connectivity index (χ2n) is 5.30. The highest BCUT2D eigenvalue weighted by Gasteiger charge is 2.27. The summed E-state index contributed by atoms with van der Waals surface area (Å²) in [7, 11) is 0. The van der Waals surface area contributed by atoms with Gasteiger partial charge in [0.15, 0.2) is 0 Å². The zero-order valence-corrected chi connectivity index (χ0v) is 13.6. The van der Waals surface area contributed by atoms with Crippen LogP contribution in [0.1, 0.15) is 33.3 Å². The molecule has 18 heavy (non-hydrogen) atoms. The Morgan fingerprint density at radius 1 is 1.44 bits per heavy atom. The van der Waals surface area contributed by atoms with Crippen molar-refractivity contribution in [3.8, 4) is 0 Å². The van der Waals surface area contributed by atoms with Gasteiger partial charge < -0.3 is 5.11 Å². The molecule has 0 aliphatic rings. The minimum absolute atomic E-state index is 0.530. The third-order valence-electron chi connectivity index (χ3n) is 2.58. The van der Waals surface area contributed by atoms with Crippen molar-refractivity contribution in [2.45, 2.75) is 44.3 Å². The zero-order valence-electron chi connectivity index (χ0n) is 11.2. The zero-order chi connectivity index (χ0) is 13.9. The molecule has 0 unspecified atom stereocenters. The van der Waals surface area contributed by atoms with Gasteiger partial charge in [0.05, 0.1) is 5.41 Å². The lowest BCUT2D eigenvalue weighted by atomic mass is 9.86. The van der Waals surface area contributed by atoms with Crippen LogP contribution >= 0.6 is 27.7 Å². The number of carbonyl (C=O) groups is 1. The topological polar surface area (TPSA) is 37.3 Å². The monoisotopic (exact) mass is 330 g/mol. The van der Waals surface area contributed by atoms with Crippen molar-refractivity contribution >= 4 is 33.7 Å². The third kappa shape index (κ3) is 4.32. The van der Waals surface area contributed by atoms with Crippen LogP contribution in [0.15, 0.2) is 27.6 Å². The van der Waals surface area contributed by atoms with Gasteiger partial charge in [0.2, 0.25) is 0 Å². The first kappa shape index (κ1) is 15.6. The van der Waals surface area contributed by atoms with Crippen molar-refractivity contribution in [1.29, 1.82) is 0 Å². The van der Waals surface area contributed by atoms with Gasteiger partial charge in [0.1, 0.15) is 0 Å². The van der Waals surface area contributed by atoms with E-state index >= 15 is 0 Å². The maximum atomic E-state index is 11.1. The van der Waals surface area contributed by atoms with Gasteiger partial charge >= 0.3 is 5.97 Å². The van der Waals surface area contributed by atoms with Crippen LogP contribution in [0.3, 0.4) is 0 Å². The Morgan fingerprint density at radius 3 is 2.50 bits per heavy atom. The number of carboxylic acid groups (broad SMARTS) is 1. The van der Waals surface area contributed by atoms with Crippen LogP contribution in [0, 0.1) is 5.41 Å². The standard InChI is InChI=1S/C14H19BrO2S/c1-9(2)18-12-6-5-10(7-11(12)15)8-14(3,4)13(16)17/h5-7,9H,8H2,1-4H3,(H,16,17). The first-order valence-corrected chi connectivity index (χ1v) is 7.58. The summed E-state index contributed by atoms with van der Waals surface area (Å²) >= 11 is 5.35. The van der Waals surface area contributed by atoms with Crippen molar-refractivity contribution in [2.75, 3.05) is 0 Å². The van der Waals surface area contributed by atoms with Crippen molar-refractivity contribution in [1.82, 2.24) is 0 Å². The second-order valence-corrected chi connectivity index (χ2v) is 7.77. The van der Waals surface area contributed by atoms with Crippen LogP contribution in [-0.2, 0) is 11.2 Å². The number of aliphatic carboxylic acids is 1. The summed E-state index contributed by atoms with van der Waals surface area (Å²) < 4.78 is 1.04. The van der Waals surface area contributed by atoms with Gasteiger partial charge in [-0.05, 0) is 53.9 Å². The smallest absolute Gasteiger partial charge is 0.309 e. The molecular formula is C14H19BrO2S. The molecule has 0 fully saturated rings. The predicted octanol–water partition coefficient (Wildman–Crippen LogP) is 4.60. The molecule has 0 heterocycles. The molecule has 4 heteroatoms. The third-order valence-corrected chi connectivity index (χ3v) is 4.58. The van der Waals surface area contributed by atoms with E-state index in [1.54, 1.807) is 25.6 Å². The molecule has 0 aliphatic carbocycles. The fraction of sp³-hybridized carbons (Fsp3) is 0.500. The molecular weight excluding hydrogens is 312 g/mol. The lowest BCUT2D eigenvalue weighted by Gasteiger charge is -2.19. The first-order valence-electron chi connectivity index (χ1n) is 5.91. The first-order chi connectivity index (χ1) is 8.22. The normalized spacial score (nSPS) is 11.9. The SMILES string of the molecule is CC(C)Sc1ccc(CC(C)(C)C(=O)O)cc1Br. The Bertz CT molecular complexity index is 441. The molecule has 0 saturated carbocycles. The van der Waals surface area contributed by atoms with E-state index in [0.717, 1.165) is 10.0 Å². The quantitative estimate of drug-likeness (QED) is 0.801. The second kappa shape index (κ2) is 6.11. The van der Waals surface area contributed by atoms with Crippen molar-refractivity contribution in [2.24, 2.45) is 5.41 Å². The molecule has 0 aromatic heterocycles. The van der Waals surface area contributed by atoms with Gasteiger partial charge in [-0.1, -0.05) is 19.9 Å². The molecule has 0 saturated heterocycles. The number of benzene rings is 1. The minimum atomic E-state index is -0.765. The Morgan fingerprint density at radius 2 is 2.06 bits per heavy atom. The number of carboxylic acids is 1. The number of hydrogen-bond acceptors (Lipinski definition) is 2. The summed E-state index contributed by atoms with van der Waals surface area (Å²) in [5.41, 5.74) is 0.314. The summed E-state index contributed by atoms with van der Waals surface area (Å²) in [5.74, 6) is -0.765. The van der Waals surface area contributed by atoms with E-state index in [4.69, 9.17) is 5.11 Å². The van der Waals surface area contributed by atoms with Crippen molar-refractivity contribution in [3.05, 3.63) is 28.2 Å². The van der Waals surface area contributed by atoms with Gasteiger partial charge in [-0.15, -0.1) is 11.8 Å². The van der Waals surface area contributed by atoms with E-state index in [9.17, 15) is 4.79 Å². The molecule has 2 nitrogen and oxygen atoms in total. The highest BCUT2D eigenvalue weighted by molar-refractivity contribution is 9.10. The van der Waals surface area contributed by atoms with Crippen LogP contribution < -0.4 is 0 Å². The Kier molecular flexibility index (Phi) is 5.29. The van der Waals surface area contributed by atoms with Gasteiger partial charge in [0.25, 0.3) is 0 Å². The molecule has 1 aromatic rings. The van der Waals surface area contributed by atoms with Gasteiger partial charge in [0, 0.05) is 14.6 Å².